The summed E-state index contributed by atoms with van der Waals surface area (Å²) in [4.78, 5) is 16.8. The number of nitrogens with zero attached hydrogens (tertiary/aromatic N) is 2. The summed E-state index contributed by atoms with van der Waals surface area (Å²) in [6.45, 7) is 6.64. The molecule has 23 heavy (non-hydrogen) atoms. The van der Waals surface area contributed by atoms with Crippen LogP contribution in [-0.2, 0) is 11.2 Å². The van der Waals surface area contributed by atoms with Gasteiger partial charge in [-0.3, -0.25) is 4.79 Å². The molecule has 0 atom stereocenters. The first-order valence-corrected chi connectivity index (χ1v) is 7.81. The van der Waals surface area contributed by atoms with E-state index in [1.54, 1.807) is 0 Å². The second kappa shape index (κ2) is 10.0. The standard InChI is InChI=1S/C17H27N3O.2ClH/c1-13(2)20-10-8-16(9-11-20)19(3)17(21)12-14-4-6-15(18)7-5-14;;/h4-7,13,16H,8-12,18H2,1-3H3;2*1H. The van der Waals surface area contributed by atoms with Gasteiger partial charge in [0.25, 0.3) is 0 Å². The van der Waals surface area contributed by atoms with E-state index in [4.69, 9.17) is 5.73 Å². The first-order valence-electron chi connectivity index (χ1n) is 7.81. The molecule has 0 aromatic heterocycles. The first kappa shape index (κ1) is 22.0. The lowest BCUT2D eigenvalue weighted by Crippen LogP contribution is -2.47. The van der Waals surface area contributed by atoms with Gasteiger partial charge in [-0.1, -0.05) is 12.1 Å². The van der Waals surface area contributed by atoms with Crippen LogP contribution in [0, 0.1) is 0 Å². The lowest BCUT2D eigenvalue weighted by molar-refractivity contribution is -0.132. The van der Waals surface area contributed by atoms with Gasteiger partial charge < -0.3 is 15.5 Å². The highest BCUT2D eigenvalue weighted by Gasteiger charge is 2.26. The zero-order valence-corrected chi connectivity index (χ0v) is 15.8. The molecule has 1 aromatic carbocycles. The number of hydrogen-bond acceptors (Lipinski definition) is 3. The summed E-state index contributed by atoms with van der Waals surface area (Å²) in [6, 6.07) is 8.54. The molecule has 0 saturated carbocycles. The fraction of sp³-hybridized carbons (Fsp3) is 0.588. The topological polar surface area (TPSA) is 49.6 Å². The molecule has 2 rings (SSSR count). The average Bonchev–Trinajstić information content (AvgIpc) is 2.49. The molecule has 1 saturated heterocycles. The minimum absolute atomic E-state index is 0. The molecule has 1 fully saturated rings. The highest BCUT2D eigenvalue weighted by Crippen LogP contribution is 2.18. The molecule has 4 nitrogen and oxygen atoms in total. The number of piperidine rings is 1. The number of nitrogen functional groups attached to an aromatic ring is 1. The smallest absolute Gasteiger partial charge is 0.226 e. The van der Waals surface area contributed by atoms with Crippen LogP contribution >= 0.6 is 24.8 Å². The summed E-state index contributed by atoms with van der Waals surface area (Å²) in [5.41, 5.74) is 7.44. The quantitative estimate of drug-likeness (QED) is 0.838. The number of benzene rings is 1. The number of rotatable bonds is 4. The van der Waals surface area contributed by atoms with Crippen LogP contribution in [0.1, 0.15) is 32.3 Å². The number of anilines is 1. The number of likely N-dealkylation sites (tertiary alicyclic amines) is 1. The summed E-state index contributed by atoms with van der Waals surface area (Å²) in [6.07, 6.45) is 2.60. The Morgan fingerprint density at radius 2 is 1.74 bits per heavy atom. The van der Waals surface area contributed by atoms with Crippen LogP contribution in [-0.4, -0.2) is 47.9 Å². The van der Waals surface area contributed by atoms with Crippen molar-refractivity contribution in [1.82, 2.24) is 9.80 Å². The van der Waals surface area contributed by atoms with Crippen LogP contribution < -0.4 is 5.73 Å². The minimum Gasteiger partial charge on any atom is -0.399 e. The van der Waals surface area contributed by atoms with Crippen LogP contribution in [0.4, 0.5) is 5.69 Å². The van der Waals surface area contributed by atoms with Crippen LogP contribution in [0.5, 0.6) is 0 Å². The van der Waals surface area contributed by atoms with E-state index >= 15 is 0 Å². The van der Waals surface area contributed by atoms with Gasteiger partial charge in [-0.05, 0) is 44.4 Å². The van der Waals surface area contributed by atoms with Crippen molar-refractivity contribution in [3.63, 3.8) is 0 Å². The Morgan fingerprint density at radius 1 is 1.22 bits per heavy atom. The van der Waals surface area contributed by atoms with Gasteiger partial charge in [0.15, 0.2) is 0 Å². The SMILES string of the molecule is CC(C)N1CCC(N(C)C(=O)Cc2ccc(N)cc2)CC1.Cl.Cl. The third kappa shape index (κ3) is 6.21. The van der Waals surface area contributed by atoms with Gasteiger partial charge in [-0.15, -0.1) is 24.8 Å². The average molecular weight is 362 g/mol. The van der Waals surface area contributed by atoms with E-state index in [-0.39, 0.29) is 30.7 Å². The van der Waals surface area contributed by atoms with Gasteiger partial charge in [-0.2, -0.15) is 0 Å². The molecule has 1 amide bonds. The molecule has 0 unspecified atom stereocenters. The number of likely N-dealkylation sites (N-methyl/N-ethyl adjacent to an activating group) is 1. The van der Waals surface area contributed by atoms with Gasteiger partial charge in [0.2, 0.25) is 5.91 Å². The normalized spacial score (nSPS) is 15.7. The Kier molecular flexibility index (Phi) is 9.59. The van der Waals surface area contributed by atoms with E-state index in [0.717, 1.165) is 37.2 Å². The van der Waals surface area contributed by atoms with Crippen molar-refractivity contribution < 1.29 is 4.79 Å². The molecule has 2 N–H and O–H groups in total. The van der Waals surface area contributed by atoms with E-state index in [1.165, 1.54) is 0 Å². The number of hydrogen-bond donors (Lipinski definition) is 1. The minimum atomic E-state index is 0. The largest absolute Gasteiger partial charge is 0.399 e. The maximum atomic E-state index is 12.4. The summed E-state index contributed by atoms with van der Waals surface area (Å²) >= 11 is 0. The number of carbonyl (C=O) groups is 1. The van der Waals surface area contributed by atoms with Gasteiger partial charge in [0, 0.05) is 37.9 Å². The van der Waals surface area contributed by atoms with Crippen molar-refractivity contribution in [2.24, 2.45) is 0 Å². The van der Waals surface area contributed by atoms with Crippen LogP contribution in [0.15, 0.2) is 24.3 Å². The Bertz CT molecular complexity index is 471. The molecule has 0 bridgehead atoms. The van der Waals surface area contributed by atoms with Gasteiger partial charge in [0.05, 0.1) is 6.42 Å². The van der Waals surface area contributed by atoms with Crippen molar-refractivity contribution in [3.8, 4) is 0 Å². The zero-order chi connectivity index (χ0) is 15.4. The number of halogens is 2. The Morgan fingerprint density at radius 3 is 2.22 bits per heavy atom. The van der Waals surface area contributed by atoms with E-state index in [0.29, 0.717) is 18.5 Å². The van der Waals surface area contributed by atoms with E-state index < -0.39 is 0 Å². The molecule has 0 aliphatic carbocycles. The van der Waals surface area contributed by atoms with Crippen molar-refractivity contribution in [1.29, 1.82) is 0 Å². The zero-order valence-electron chi connectivity index (χ0n) is 14.2. The van der Waals surface area contributed by atoms with E-state index in [2.05, 4.69) is 18.7 Å². The summed E-state index contributed by atoms with van der Waals surface area (Å²) in [7, 11) is 1.94. The summed E-state index contributed by atoms with van der Waals surface area (Å²) in [5, 5.41) is 0. The molecular weight excluding hydrogens is 333 g/mol. The van der Waals surface area contributed by atoms with Gasteiger partial charge >= 0.3 is 0 Å². The number of carbonyl (C=O) groups excluding carboxylic acids is 1. The molecule has 1 aromatic rings. The molecular formula is C17H29Cl2N3O. The second-order valence-corrected chi connectivity index (χ2v) is 6.28. The van der Waals surface area contributed by atoms with Crippen LogP contribution in [0.25, 0.3) is 0 Å². The Labute approximate surface area is 152 Å². The number of amides is 1. The molecule has 0 radical (unpaired) electrons. The third-order valence-electron chi connectivity index (χ3n) is 4.51. The predicted octanol–water partition coefficient (Wildman–Crippen LogP) is 2.99. The van der Waals surface area contributed by atoms with Crippen molar-refractivity contribution in [3.05, 3.63) is 29.8 Å². The lowest BCUT2D eigenvalue weighted by Gasteiger charge is -2.38. The fourth-order valence-corrected chi connectivity index (χ4v) is 2.93. The summed E-state index contributed by atoms with van der Waals surface area (Å²) in [5.74, 6) is 0.197. The number of nitrogens with two attached hydrogens (primary N) is 1. The molecule has 132 valence electrons. The van der Waals surface area contributed by atoms with E-state index in [9.17, 15) is 4.79 Å². The van der Waals surface area contributed by atoms with Crippen LogP contribution in [0.3, 0.4) is 0 Å². The second-order valence-electron chi connectivity index (χ2n) is 6.28. The molecule has 6 heteroatoms. The fourth-order valence-electron chi connectivity index (χ4n) is 2.93. The lowest BCUT2D eigenvalue weighted by atomic mass is 10.0. The highest BCUT2D eigenvalue weighted by molar-refractivity contribution is 5.85. The maximum absolute atomic E-state index is 12.4. The van der Waals surface area contributed by atoms with Crippen molar-refractivity contribution in [2.45, 2.75) is 45.2 Å². The monoisotopic (exact) mass is 361 g/mol. The van der Waals surface area contributed by atoms with E-state index in [1.807, 2.05) is 36.2 Å². The van der Waals surface area contributed by atoms with Crippen molar-refractivity contribution in [2.75, 3.05) is 25.9 Å². The van der Waals surface area contributed by atoms with Gasteiger partial charge in [0.1, 0.15) is 0 Å². The molecule has 0 spiro atoms. The predicted molar refractivity (Wildman–Crippen MR) is 102 cm³/mol. The Balaban J connectivity index is 0.00000242. The maximum Gasteiger partial charge on any atom is 0.226 e. The molecule has 1 aliphatic rings. The molecule has 1 aliphatic heterocycles. The van der Waals surface area contributed by atoms with Crippen molar-refractivity contribution >= 4 is 36.4 Å². The molecule has 1 heterocycles. The Hall–Kier alpha value is -0.970. The summed E-state index contributed by atoms with van der Waals surface area (Å²) < 4.78 is 0. The van der Waals surface area contributed by atoms with Gasteiger partial charge in [-0.25, -0.2) is 0 Å². The first-order chi connectivity index (χ1) is 9.97. The highest BCUT2D eigenvalue weighted by atomic mass is 35.5. The van der Waals surface area contributed by atoms with Crippen LogP contribution in [0.2, 0.25) is 0 Å². The third-order valence-corrected chi connectivity index (χ3v) is 4.51.